The number of carbonyl (C=O) groups excluding carboxylic acids is 1. The minimum absolute atomic E-state index is 0.225. The van der Waals surface area contributed by atoms with Crippen molar-refractivity contribution in [2.45, 2.75) is 19.4 Å². The standard InChI is InChI=1S/C21H18N4O2/c1-13-5-8-17(24-12-13)15-7-6-14(10-16(15)21(22)26)19-11-20(27-25-19)18-4-2-3-9-23-18/h2-10,12,20H,11H2,1H3,(H2,22,26)/t20-/m0/s1. The van der Waals surface area contributed by atoms with Gasteiger partial charge >= 0.3 is 0 Å². The molecule has 6 nitrogen and oxygen atoms in total. The number of hydrogen-bond acceptors (Lipinski definition) is 5. The van der Waals surface area contributed by atoms with Crippen molar-refractivity contribution >= 4 is 11.6 Å². The summed E-state index contributed by atoms with van der Waals surface area (Å²) in [7, 11) is 0. The van der Waals surface area contributed by atoms with Crippen molar-refractivity contribution in [1.82, 2.24) is 9.97 Å². The molecule has 134 valence electrons. The molecule has 0 bridgehead atoms. The van der Waals surface area contributed by atoms with E-state index < -0.39 is 5.91 Å². The van der Waals surface area contributed by atoms with Crippen LogP contribution in [0.2, 0.25) is 0 Å². The number of aromatic nitrogens is 2. The van der Waals surface area contributed by atoms with Crippen LogP contribution in [-0.2, 0) is 4.84 Å². The van der Waals surface area contributed by atoms with Gasteiger partial charge in [0.1, 0.15) is 0 Å². The van der Waals surface area contributed by atoms with Gasteiger partial charge in [-0.3, -0.25) is 14.8 Å². The van der Waals surface area contributed by atoms with Crippen LogP contribution in [0.1, 0.15) is 39.7 Å². The summed E-state index contributed by atoms with van der Waals surface area (Å²) in [6.07, 6.45) is 3.85. The molecule has 0 saturated carbocycles. The Morgan fingerprint density at radius 1 is 1.15 bits per heavy atom. The number of benzene rings is 1. The number of carbonyl (C=O) groups is 1. The van der Waals surface area contributed by atoms with Gasteiger partial charge in [-0.25, -0.2) is 0 Å². The lowest BCUT2D eigenvalue weighted by molar-refractivity contribution is 0.0826. The van der Waals surface area contributed by atoms with E-state index in [1.807, 2.05) is 49.4 Å². The molecule has 0 saturated heterocycles. The van der Waals surface area contributed by atoms with Crippen LogP contribution in [0.25, 0.3) is 11.3 Å². The van der Waals surface area contributed by atoms with E-state index in [1.54, 1.807) is 18.5 Å². The second-order valence-corrected chi connectivity index (χ2v) is 6.44. The van der Waals surface area contributed by atoms with Crippen LogP contribution in [0.15, 0.2) is 66.1 Å². The molecule has 1 atom stereocenters. The van der Waals surface area contributed by atoms with Gasteiger partial charge in [-0.05, 0) is 36.8 Å². The molecule has 27 heavy (non-hydrogen) atoms. The van der Waals surface area contributed by atoms with E-state index in [4.69, 9.17) is 10.6 Å². The average Bonchev–Trinajstić information content (AvgIpc) is 3.19. The predicted octanol–water partition coefficient (Wildman–Crippen LogP) is 3.42. The average molecular weight is 358 g/mol. The van der Waals surface area contributed by atoms with Crippen LogP contribution >= 0.6 is 0 Å². The van der Waals surface area contributed by atoms with Crippen LogP contribution in [-0.4, -0.2) is 21.6 Å². The third kappa shape index (κ3) is 3.42. The van der Waals surface area contributed by atoms with Crippen molar-refractivity contribution in [2.24, 2.45) is 10.9 Å². The number of pyridine rings is 2. The molecule has 1 aliphatic rings. The number of hydrogen-bond donors (Lipinski definition) is 1. The van der Waals surface area contributed by atoms with E-state index in [1.165, 1.54) is 0 Å². The Kier molecular flexibility index (Phi) is 4.38. The van der Waals surface area contributed by atoms with Gasteiger partial charge < -0.3 is 10.6 Å². The summed E-state index contributed by atoms with van der Waals surface area (Å²) in [5, 5.41) is 4.19. The van der Waals surface area contributed by atoms with Gasteiger partial charge in [0.15, 0.2) is 6.10 Å². The van der Waals surface area contributed by atoms with E-state index >= 15 is 0 Å². The van der Waals surface area contributed by atoms with E-state index in [2.05, 4.69) is 15.1 Å². The van der Waals surface area contributed by atoms with Crippen molar-refractivity contribution < 1.29 is 9.63 Å². The molecule has 0 aliphatic carbocycles. The van der Waals surface area contributed by atoms with Crippen LogP contribution in [0.4, 0.5) is 0 Å². The predicted molar refractivity (Wildman–Crippen MR) is 102 cm³/mol. The lowest BCUT2D eigenvalue weighted by Crippen LogP contribution is -2.14. The Balaban J connectivity index is 1.64. The summed E-state index contributed by atoms with van der Waals surface area (Å²) in [6, 6.07) is 15.0. The van der Waals surface area contributed by atoms with Crippen molar-refractivity contribution in [3.05, 3.63) is 83.3 Å². The zero-order valence-electron chi connectivity index (χ0n) is 14.8. The molecular weight excluding hydrogens is 340 g/mol. The summed E-state index contributed by atoms with van der Waals surface area (Å²) < 4.78 is 0. The lowest BCUT2D eigenvalue weighted by atomic mass is 9.96. The second kappa shape index (κ2) is 6.99. The molecule has 3 aromatic rings. The molecule has 0 fully saturated rings. The van der Waals surface area contributed by atoms with Gasteiger partial charge in [-0.1, -0.05) is 29.4 Å². The summed E-state index contributed by atoms with van der Waals surface area (Å²) >= 11 is 0. The maximum Gasteiger partial charge on any atom is 0.249 e. The Hall–Kier alpha value is -3.54. The zero-order valence-corrected chi connectivity index (χ0v) is 14.8. The number of primary amides is 1. The van der Waals surface area contributed by atoms with Crippen LogP contribution in [0.3, 0.4) is 0 Å². The smallest absolute Gasteiger partial charge is 0.249 e. The summed E-state index contributed by atoms with van der Waals surface area (Å²) in [4.78, 5) is 26.3. The highest BCUT2D eigenvalue weighted by molar-refractivity contribution is 6.06. The first kappa shape index (κ1) is 16.9. The van der Waals surface area contributed by atoms with E-state index in [0.29, 0.717) is 23.2 Å². The summed E-state index contributed by atoms with van der Waals surface area (Å²) in [5.74, 6) is -0.505. The quantitative estimate of drug-likeness (QED) is 0.774. The van der Waals surface area contributed by atoms with E-state index in [-0.39, 0.29) is 6.10 Å². The second-order valence-electron chi connectivity index (χ2n) is 6.44. The molecule has 0 unspecified atom stereocenters. The number of amides is 1. The fourth-order valence-electron chi connectivity index (χ4n) is 3.05. The molecule has 1 aliphatic heterocycles. The first-order chi connectivity index (χ1) is 13.1. The fraction of sp³-hybridized carbons (Fsp3) is 0.143. The number of nitrogens with zero attached hydrogens (tertiary/aromatic N) is 3. The van der Waals surface area contributed by atoms with Gasteiger partial charge in [-0.15, -0.1) is 0 Å². The van der Waals surface area contributed by atoms with Crippen LogP contribution in [0.5, 0.6) is 0 Å². The molecule has 1 aromatic carbocycles. The van der Waals surface area contributed by atoms with Crippen molar-refractivity contribution in [3.63, 3.8) is 0 Å². The highest BCUT2D eigenvalue weighted by atomic mass is 16.6. The molecular formula is C21H18N4O2. The Morgan fingerprint density at radius 3 is 2.74 bits per heavy atom. The van der Waals surface area contributed by atoms with Gasteiger partial charge in [-0.2, -0.15) is 0 Å². The maximum atomic E-state index is 12.0. The van der Waals surface area contributed by atoms with E-state index in [9.17, 15) is 4.79 Å². The van der Waals surface area contributed by atoms with Crippen LogP contribution in [0, 0.1) is 6.92 Å². The minimum atomic E-state index is -0.505. The molecule has 3 heterocycles. The van der Waals surface area contributed by atoms with Gasteiger partial charge in [0.05, 0.1) is 17.1 Å². The number of rotatable bonds is 4. The molecule has 1 amide bonds. The highest BCUT2D eigenvalue weighted by Gasteiger charge is 2.25. The zero-order chi connectivity index (χ0) is 18.8. The number of aryl methyl sites for hydroxylation is 1. The first-order valence-corrected chi connectivity index (χ1v) is 8.62. The molecule has 0 spiro atoms. The molecule has 2 aromatic heterocycles. The Bertz CT molecular complexity index is 1010. The van der Waals surface area contributed by atoms with Crippen molar-refractivity contribution in [1.29, 1.82) is 0 Å². The first-order valence-electron chi connectivity index (χ1n) is 8.62. The summed E-state index contributed by atoms with van der Waals surface area (Å²) in [6.45, 7) is 1.96. The largest absolute Gasteiger partial charge is 0.385 e. The summed E-state index contributed by atoms with van der Waals surface area (Å²) in [5.41, 5.74) is 10.9. The van der Waals surface area contributed by atoms with E-state index in [0.717, 1.165) is 22.5 Å². The molecule has 2 N–H and O–H groups in total. The number of oxime groups is 1. The highest BCUT2D eigenvalue weighted by Crippen LogP contribution is 2.30. The Labute approximate surface area is 156 Å². The van der Waals surface area contributed by atoms with Crippen LogP contribution < -0.4 is 5.73 Å². The normalized spacial score (nSPS) is 15.9. The lowest BCUT2D eigenvalue weighted by Gasteiger charge is -2.09. The topological polar surface area (TPSA) is 90.5 Å². The van der Waals surface area contributed by atoms with Crippen molar-refractivity contribution in [3.8, 4) is 11.3 Å². The van der Waals surface area contributed by atoms with Gasteiger partial charge in [0.2, 0.25) is 5.91 Å². The minimum Gasteiger partial charge on any atom is -0.385 e. The van der Waals surface area contributed by atoms with Gasteiger partial charge in [0, 0.05) is 35.5 Å². The fourth-order valence-corrected chi connectivity index (χ4v) is 3.05. The maximum absolute atomic E-state index is 12.0. The molecule has 6 heteroatoms. The molecule has 4 rings (SSSR count). The number of nitrogens with two attached hydrogens (primary N) is 1. The van der Waals surface area contributed by atoms with Gasteiger partial charge in [0.25, 0.3) is 0 Å². The Morgan fingerprint density at radius 2 is 2.04 bits per heavy atom. The third-order valence-electron chi connectivity index (χ3n) is 4.49. The molecule has 0 radical (unpaired) electrons. The van der Waals surface area contributed by atoms with Crippen molar-refractivity contribution in [2.75, 3.05) is 0 Å². The SMILES string of the molecule is Cc1ccc(-c2ccc(C3=NO[C@H](c4ccccn4)C3)cc2C(N)=O)nc1. The third-order valence-corrected chi connectivity index (χ3v) is 4.49. The monoisotopic (exact) mass is 358 g/mol.